The van der Waals surface area contributed by atoms with Gasteiger partial charge in [0.25, 0.3) is 0 Å². The van der Waals surface area contributed by atoms with Gasteiger partial charge in [0, 0.05) is 19.0 Å². The molecule has 0 saturated carbocycles. The molecule has 2 nitrogen and oxygen atoms in total. The predicted octanol–water partition coefficient (Wildman–Crippen LogP) is 1.76. The highest BCUT2D eigenvalue weighted by molar-refractivity contribution is 5.80. The van der Waals surface area contributed by atoms with Crippen LogP contribution in [0.5, 0.6) is 0 Å². The average molecular weight is 169 g/mol. The number of carbonyl (C=O) groups is 1. The summed E-state index contributed by atoms with van der Waals surface area (Å²) < 4.78 is 0. The highest BCUT2D eigenvalue weighted by Gasteiger charge is 2.33. The molecule has 0 radical (unpaired) electrons. The Balaban J connectivity index is 2.53. The number of hydrogen-bond donors (Lipinski definition) is 0. The molecule has 0 aliphatic carbocycles. The minimum atomic E-state index is 0.240. The van der Waals surface area contributed by atoms with E-state index in [1.807, 2.05) is 11.8 Å². The number of likely N-dealkylation sites (tertiary alicyclic amines) is 1. The fraction of sp³-hybridized carbons (Fsp3) is 0.900. The van der Waals surface area contributed by atoms with E-state index in [1.54, 1.807) is 0 Å². The van der Waals surface area contributed by atoms with Crippen LogP contribution in [0.25, 0.3) is 0 Å². The molecule has 1 amide bonds. The zero-order valence-corrected chi connectivity index (χ0v) is 8.50. The minimum Gasteiger partial charge on any atom is -0.342 e. The molecule has 2 atom stereocenters. The molecule has 0 bridgehead atoms. The van der Waals surface area contributed by atoms with Gasteiger partial charge in [0.15, 0.2) is 0 Å². The highest BCUT2D eigenvalue weighted by atomic mass is 16.2. The molecule has 12 heavy (non-hydrogen) atoms. The van der Waals surface area contributed by atoms with Gasteiger partial charge in [-0.1, -0.05) is 27.7 Å². The quantitative estimate of drug-likeness (QED) is 0.617. The fourth-order valence-corrected chi connectivity index (χ4v) is 1.73. The van der Waals surface area contributed by atoms with E-state index < -0.39 is 0 Å². The molecule has 1 heterocycles. The molecular formula is C10H19NO. The Labute approximate surface area is 74.9 Å². The lowest BCUT2D eigenvalue weighted by atomic mass is 10.0. The highest BCUT2D eigenvalue weighted by Crippen LogP contribution is 2.24. The summed E-state index contributed by atoms with van der Waals surface area (Å²) in [5.41, 5.74) is 0. The second-order valence-electron chi connectivity index (χ2n) is 4.40. The summed E-state index contributed by atoms with van der Waals surface area (Å²) in [7, 11) is 0. The van der Waals surface area contributed by atoms with E-state index in [2.05, 4.69) is 20.8 Å². The Morgan fingerprint density at radius 3 is 2.42 bits per heavy atom. The van der Waals surface area contributed by atoms with Gasteiger partial charge >= 0.3 is 0 Å². The third kappa shape index (κ3) is 1.79. The Kier molecular flexibility index (Phi) is 2.76. The molecule has 0 aromatic carbocycles. The maximum atomic E-state index is 11.6. The molecule has 2 heteroatoms. The SMILES string of the molecule is CC(C)CN1C[C@H](C)[C@H](C)C1=O. The van der Waals surface area contributed by atoms with Crippen molar-refractivity contribution in [3.8, 4) is 0 Å². The number of carbonyl (C=O) groups excluding carboxylic acids is 1. The van der Waals surface area contributed by atoms with Gasteiger partial charge in [0.2, 0.25) is 5.91 Å². The van der Waals surface area contributed by atoms with E-state index in [0.717, 1.165) is 13.1 Å². The van der Waals surface area contributed by atoms with Crippen molar-refractivity contribution in [1.82, 2.24) is 4.90 Å². The van der Waals surface area contributed by atoms with Crippen LogP contribution in [0.15, 0.2) is 0 Å². The Morgan fingerprint density at radius 2 is 2.08 bits per heavy atom. The largest absolute Gasteiger partial charge is 0.342 e. The van der Waals surface area contributed by atoms with E-state index in [1.165, 1.54) is 0 Å². The molecule has 1 rings (SSSR count). The zero-order chi connectivity index (χ0) is 9.30. The average Bonchev–Trinajstić information content (AvgIpc) is 2.17. The molecule has 0 N–H and O–H groups in total. The van der Waals surface area contributed by atoms with Crippen molar-refractivity contribution < 1.29 is 4.79 Å². The van der Waals surface area contributed by atoms with Crippen molar-refractivity contribution >= 4 is 5.91 Å². The lowest BCUT2D eigenvalue weighted by Gasteiger charge is -2.18. The Hall–Kier alpha value is -0.530. The van der Waals surface area contributed by atoms with Gasteiger partial charge < -0.3 is 4.90 Å². The predicted molar refractivity (Wildman–Crippen MR) is 49.7 cm³/mol. The van der Waals surface area contributed by atoms with Gasteiger partial charge in [-0.15, -0.1) is 0 Å². The van der Waals surface area contributed by atoms with Crippen molar-refractivity contribution in [2.45, 2.75) is 27.7 Å². The Morgan fingerprint density at radius 1 is 1.50 bits per heavy atom. The van der Waals surface area contributed by atoms with Crippen LogP contribution in [0, 0.1) is 17.8 Å². The number of rotatable bonds is 2. The lowest BCUT2D eigenvalue weighted by Crippen LogP contribution is -2.30. The monoisotopic (exact) mass is 169 g/mol. The summed E-state index contributed by atoms with van der Waals surface area (Å²) in [5.74, 6) is 1.71. The van der Waals surface area contributed by atoms with Crippen molar-refractivity contribution in [3.63, 3.8) is 0 Å². The summed E-state index contributed by atoms with van der Waals surface area (Å²) in [6.07, 6.45) is 0. The molecule has 70 valence electrons. The summed E-state index contributed by atoms with van der Waals surface area (Å²) in [6, 6.07) is 0. The topological polar surface area (TPSA) is 20.3 Å². The second kappa shape index (κ2) is 3.46. The third-order valence-corrected chi connectivity index (χ3v) is 2.65. The summed E-state index contributed by atoms with van der Waals surface area (Å²) in [6.45, 7) is 10.4. The standard InChI is InChI=1S/C10H19NO/c1-7(2)5-11-6-8(3)9(4)10(11)12/h7-9H,5-6H2,1-4H3/t8-,9-/m0/s1. The van der Waals surface area contributed by atoms with Gasteiger partial charge in [-0.2, -0.15) is 0 Å². The fourth-order valence-electron chi connectivity index (χ4n) is 1.73. The normalized spacial score (nSPS) is 30.4. The van der Waals surface area contributed by atoms with E-state index in [9.17, 15) is 4.79 Å². The third-order valence-electron chi connectivity index (χ3n) is 2.65. The maximum absolute atomic E-state index is 11.6. The summed E-state index contributed by atoms with van der Waals surface area (Å²) >= 11 is 0. The summed E-state index contributed by atoms with van der Waals surface area (Å²) in [5, 5.41) is 0. The number of nitrogens with zero attached hydrogens (tertiary/aromatic N) is 1. The van der Waals surface area contributed by atoms with E-state index in [-0.39, 0.29) is 5.92 Å². The molecule has 1 aliphatic heterocycles. The first-order chi connectivity index (χ1) is 5.52. The van der Waals surface area contributed by atoms with E-state index in [0.29, 0.717) is 17.7 Å². The van der Waals surface area contributed by atoms with Gasteiger partial charge in [0.1, 0.15) is 0 Å². The van der Waals surface area contributed by atoms with Crippen molar-refractivity contribution in [2.75, 3.05) is 13.1 Å². The number of hydrogen-bond acceptors (Lipinski definition) is 1. The molecule has 0 aromatic rings. The van der Waals surface area contributed by atoms with E-state index >= 15 is 0 Å². The van der Waals surface area contributed by atoms with Gasteiger partial charge in [-0.3, -0.25) is 4.79 Å². The first-order valence-corrected chi connectivity index (χ1v) is 4.81. The molecular weight excluding hydrogens is 150 g/mol. The minimum absolute atomic E-state index is 0.240. The van der Waals surface area contributed by atoms with Crippen LogP contribution in [0.1, 0.15) is 27.7 Å². The Bertz CT molecular complexity index is 175. The molecule has 0 aromatic heterocycles. The van der Waals surface area contributed by atoms with Gasteiger partial charge in [-0.25, -0.2) is 0 Å². The van der Waals surface area contributed by atoms with Crippen LogP contribution in [0.4, 0.5) is 0 Å². The lowest BCUT2D eigenvalue weighted by molar-refractivity contribution is -0.131. The molecule has 0 unspecified atom stereocenters. The first-order valence-electron chi connectivity index (χ1n) is 4.81. The van der Waals surface area contributed by atoms with Crippen molar-refractivity contribution in [3.05, 3.63) is 0 Å². The molecule has 1 aliphatic rings. The molecule has 0 spiro atoms. The summed E-state index contributed by atoms with van der Waals surface area (Å²) in [4.78, 5) is 13.6. The van der Waals surface area contributed by atoms with Crippen LogP contribution < -0.4 is 0 Å². The van der Waals surface area contributed by atoms with Crippen LogP contribution in [0.2, 0.25) is 0 Å². The van der Waals surface area contributed by atoms with Crippen LogP contribution in [-0.2, 0) is 4.79 Å². The maximum Gasteiger partial charge on any atom is 0.225 e. The van der Waals surface area contributed by atoms with Crippen LogP contribution >= 0.6 is 0 Å². The van der Waals surface area contributed by atoms with Crippen molar-refractivity contribution in [2.24, 2.45) is 17.8 Å². The zero-order valence-electron chi connectivity index (χ0n) is 8.50. The van der Waals surface area contributed by atoms with Gasteiger partial charge in [-0.05, 0) is 11.8 Å². The second-order valence-corrected chi connectivity index (χ2v) is 4.40. The first kappa shape index (κ1) is 9.56. The van der Waals surface area contributed by atoms with E-state index in [4.69, 9.17) is 0 Å². The molecule has 1 fully saturated rings. The van der Waals surface area contributed by atoms with Crippen LogP contribution in [-0.4, -0.2) is 23.9 Å². The smallest absolute Gasteiger partial charge is 0.225 e. The van der Waals surface area contributed by atoms with Crippen molar-refractivity contribution in [1.29, 1.82) is 0 Å². The van der Waals surface area contributed by atoms with Gasteiger partial charge in [0.05, 0.1) is 0 Å². The molecule has 1 saturated heterocycles. The van der Waals surface area contributed by atoms with Crippen LogP contribution in [0.3, 0.4) is 0 Å². The number of amides is 1.